The minimum Gasteiger partial charge on any atom is -0.354 e. The predicted molar refractivity (Wildman–Crippen MR) is 91.5 cm³/mol. The molecule has 2 heterocycles. The first kappa shape index (κ1) is 16.1. The molecule has 1 aromatic heterocycles. The van der Waals surface area contributed by atoms with Crippen LogP contribution in [0.1, 0.15) is 25.3 Å². The van der Waals surface area contributed by atoms with Gasteiger partial charge in [-0.05, 0) is 44.4 Å². The van der Waals surface area contributed by atoms with Crippen LogP contribution >= 0.6 is 0 Å². The van der Waals surface area contributed by atoms with Gasteiger partial charge in [-0.25, -0.2) is 9.78 Å². The monoisotopic (exact) mass is 317 g/mol. The standard InChI is InChI=1S/C17H27N5O/c1-13(15-4-5-15)20-17(23)19-12-14-3-6-16(18-11-14)22-9-7-21(2)8-10-22/h3,6,11,13,15H,4-5,7-10,12H2,1-2H3,(H2,19,20,23). The van der Waals surface area contributed by atoms with Crippen LogP contribution in [0.15, 0.2) is 18.3 Å². The summed E-state index contributed by atoms with van der Waals surface area (Å²) in [5, 5.41) is 5.90. The smallest absolute Gasteiger partial charge is 0.315 e. The SMILES string of the molecule is CC(NC(=O)NCc1ccc(N2CCN(C)CC2)nc1)C1CC1. The average Bonchev–Trinajstić information content (AvgIpc) is 3.39. The summed E-state index contributed by atoms with van der Waals surface area (Å²) in [5.41, 5.74) is 1.03. The van der Waals surface area contributed by atoms with Crippen LogP contribution in [0.25, 0.3) is 0 Å². The van der Waals surface area contributed by atoms with Gasteiger partial charge in [0.1, 0.15) is 5.82 Å². The molecular formula is C17H27N5O. The summed E-state index contributed by atoms with van der Waals surface area (Å²) in [4.78, 5) is 21.0. The lowest BCUT2D eigenvalue weighted by atomic mass is 10.2. The molecule has 126 valence electrons. The fourth-order valence-corrected chi connectivity index (χ4v) is 2.90. The maximum atomic E-state index is 11.8. The number of nitrogens with zero attached hydrogens (tertiary/aromatic N) is 3. The minimum atomic E-state index is -0.0902. The molecule has 0 bridgehead atoms. The highest BCUT2D eigenvalue weighted by molar-refractivity contribution is 5.74. The zero-order valence-corrected chi connectivity index (χ0v) is 14.1. The van der Waals surface area contributed by atoms with E-state index in [1.54, 1.807) is 0 Å². The molecule has 0 spiro atoms. The number of amides is 2. The van der Waals surface area contributed by atoms with E-state index in [0.29, 0.717) is 12.5 Å². The molecule has 1 aliphatic carbocycles. The molecule has 1 atom stereocenters. The maximum Gasteiger partial charge on any atom is 0.315 e. The van der Waals surface area contributed by atoms with Gasteiger partial charge in [-0.15, -0.1) is 0 Å². The Bertz CT molecular complexity index is 520. The Morgan fingerprint density at radius 2 is 2.04 bits per heavy atom. The third-order valence-corrected chi connectivity index (χ3v) is 4.78. The van der Waals surface area contributed by atoms with E-state index < -0.39 is 0 Å². The third-order valence-electron chi connectivity index (χ3n) is 4.78. The van der Waals surface area contributed by atoms with Crippen molar-refractivity contribution in [2.45, 2.75) is 32.4 Å². The van der Waals surface area contributed by atoms with E-state index in [-0.39, 0.29) is 12.1 Å². The number of hydrogen-bond donors (Lipinski definition) is 2. The molecule has 1 saturated heterocycles. The number of anilines is 1. The summed E-state index contributed by atoms with van der Waals surface area (Å²) in [6, 6.07) is 4.28. The fourth-order valence-electron chi connectivity index (χ4n) is 2.90. The van der Waals surface area contributed by atoms with Gasteiger partial charge >= 0.3 is 6.03 Å². The number of carbonyl (C=O) groups is 1. The quantitative estimate of drug-likeness (QED) is 0.862. The highest BCUT2D eigenvalue weighted by Crippen LogP contribution is 2.32. The van der Waals surface area contributed by atoms with Gasteiger partial charge in [-0.1, -0.05) is 6.07 Å². The molecular weight excluding hydrogens is 290 g/mol. The van der Waals surface area contributed by atoms with Gasteiger partial charge in [-0.3, -0.25) is 0 Å². The molecule has 1 saturated carbocycles. The number of rotatable bonds is 5. The Kier molecular flexibility index (Phi) is 5.00. The first-order valence-corrected chi connectivity index (χ1v) is 8.54. The topological polar surface area (TPSA) is 60.5 Å². The van der Waals surface area contributed by atoms with Crippen LogP contribution in [0.5, 0.6) is 0 Å². The molecule has 23 heavy (non-hydrogen) atoms. The molecule has 0 radical (unpaired) electrons. The second-order valence-electron chi connectivity index (χ2n) is 6.77. The minimum absolute atomic E-state index is 0.0902. The van der Waals surface area contributed by atoms with Crippen molar-refractivity contribution in [1.82, 2.24) is 20.5 Å². The van der Waals surface area contributed by atoms with Crippen molar-refractivity contribution in [3.8, 4) is 0 Å². The second kappa shape index (κ2) is 7.17. The van der Waals surface area contributed by atoms with Crippen molar-refractivity contribution < 1.29 is 4.79 Å². The van der Waals surface area contributed by atoms with Gasteiger partial charge in [0.2, 0.25) is 0 Å². The van der Waals surface area contributed by atoms with Gasteiger partial charge in [0.05, 0.1) is 0 Å². The van der Waals surface area contributed by atoms with Crippen molar-refractivity contribution in [2.75, 3.05) is 38.1 Å². The van der Waals surface area contributed by atoms with Crippen LogP contribution in [-0.4, -0.2) is 55.2 Å². The third kappa shape index (κ3) is 4.58. The largest absolute Gasteiger partial charge is 0.354 e. The molecule has 0 aromatic carbocycles. The van der Waals surface area contributed by atoms with Gasteiger partial charge in [0.25, 0.3) is 0 Å². The van der Waals surface area contributed by atoms with E-state index in [0.717, 1.165) is 37.6 Å². The summed E-state index contributed by atoms with van der Waals surface area (Å²) in [7, 11) is 2.15. The van der Waals surface area contributed by atoms with Crippen molar-refractivity contribution in [3.05, 3.63) is 23.9 Å². The Hall–Kier alpha value is -1.82. The number of hydrogen-bond acceptors (Lipinski definition) is 4. The van der Waals surface area contributed by atoms with E-state index in [1.807, 2.05) is 18.3 Å². The lowest BCUT2D eigenvalue weighted by molar-refractivity contribution is 0.236. The summed E-state index contributed by atoms with van der Waals surface area (Å²) in [6.07, 6.45) is 4.33. The Morgan fingerprint density at radius 3 is 2.65 bits per heavy atom. The molecule has 1 unspecified atom stereocenters. The molecule has 3 rings (SSSR count). The van der Waals surface area contributed by atoms with Gasteiger partial charge in [-0.2, -0.15) is 0 Å². The first-order chi connectivity index (χ1) is 11.1. The first-order valence-electron chi connectivity index (χ1n) is 8.54. The molecule has 2 fully saturated rings. The fraction of sp³-hybridized carbons (Fsp3) is 0.647. The van der Waals surface area contributed by atoms with Crippen LogP contribution in [0.2, 0.25) is 0 Å². The van der Waals surface area contributed by atoms with Crippen molar-refractivity contribution >= 4 is 11.8 Å². The Morgan fingerprint density at radius 1 is 1.30 bits per heavy atom. The van der Waals surface area contributed by atoms with Crippen molar-refractivity contribution in [1.29, 1.82) is 0 Å². The summed E-state index contributed by atoms with van der Waals surface area (Å²) in [6.45, 7) is 6.77. The van der Waals surface area contributed by atoms with Crippen LogP contribution < -0.4 is 15.5 Å². The van der Waals surface area contributed by atoms with E-state index in [1.165, 1.54) is 12.8 Å². The van der Waals surface area contributed by atoms with Crippen LogP contribution in [0.3, 0.4) is 0 Å². The number of urea groups is 1. The number of carbonyl (C=O) groups excluding carboxylic acids is 1. The number of nitrogens with one attached hydrogen (secondary N) is 2. The summed E-state index contributed by atoms with van der Waals surface area (Å²) < 4.78 is 0. The zero-order valence-electron chi connectivity index (χ0n) is 14.1. The normalized spacial score (nSPS) is 20.2. The molecule has 6 heteroatoms. The average molecular weight is 317 g/mol. The molecule has 2 N–H and O–H groups in total. The number of aromatic nitrogens is 1. The number of pyridine rings is 1. The zero-order chi connectivity index (χ0) is 16.2. The summed E-state index contributed by atoms with van der Waals surface area (Å²) >= 11 is 0. The molecule has 1 aliphatic heterocycles. The van der Waals surface area contributed by atoms with Crippen LogP contribution in [-0.2, 0) is 6.54 Å². The highest BCUT2D eigenvalue weighted by Gasteiger charge is 2.28. The van der Waals surface area contributed by atoms with E-state index >= 15 is 0 Å². The van der Waals surface area contributed by atoms with Crippen LogP contribution in [0.4, 0.5) is 10.6 Å². The molecule has 2 amide bonds. The second-order valence-corrected chi connectivity index (χ2v) is 6.77. The highest BCUT2D eigenvalue weighted by atomic mass is 16.2. The number of piperazine rings is 1. The number of likely N-dealkylation sites (N-methyl/N-ethyl adjacent to an activating group) is 1. The predicted octanol–water partition coefficient (Wildman–Crippen LogP) is 1.43. The Labute approximate surface area is 138 Å². The summed E-state index contributed by atoms with van der Waals surface area (Å²) in [5.74, 6) is 1.69. The van der Waals surface area contributed by atoms with E-state index in [2.05, 4.69) is 39.4 Å². The van der Waals surface area contributed by atoms with E-state index in [4.69, 9.17) is 0 Å². The van der Waals surface area contributed by atoms with Crippen molar-refractivity contribution in [3.63, 3.8) is 0 Å². The Balaban J connectivity index is 1.44. The van der Waals surface area contributed by atoms with Gasteiger partial charge in [0, 0.05) is 45.0 Å². The van der Waals surface area contributed by atoms with Crippen molar-refractivity contribution in [2.24, 2.45) is 5.92 Å². The lowest BCUT2D eigenvalue weighted by Gasteiger charge is -2.33. The molecule has 2 aliphatic rings. The maximum absolute atomic E-state index is 11.8. The van der Waals surface area contributed by atoms with Gasteiger partial charge in [0.15, 0.2) is 0 Å². The van der Waals surface area contributed by atoms with Crippen LogP contribution in [0, 0.1) is 5.92 Å². The lowest BCUT2D eigenvalue weighted by Crippen LogP contribution is -2.44. The molecule has 1 aromatic rings. The van der Waals surface area contributed by atoms with E-state index in [9.17, 15) is 4.79 Å². The van der Waals surface area contributed by atoms with Gasteiger partial charge < -0.3 is 20.4 Å². The molecule has 6 nitrogen and oxygen atoms in total.